The van der Waals surface area contributed by atoms with E-state index in [1.807, 2.05) is 6.07 Å². The lowest BCUT2D eigenvalue weighted by Crippen LogP contribution is -2.39. The number of hydrogen-bond acceptors (Lipinski definition) is 5. The number of ether oxygens (including phenoxy) is 1. The fourth-order valence-corrected chi connectivity index (χ4v) is 5.23. The van der Waals surface area contributed by atoms with Crippen LogP contribution in [-0.2, 0) is 16.3 Å². The Bertz CT molecular complexity index is 1010. The smallest absolute Gasteiger partial charge is 0.404 e. The first-order chi connectivity index (χ1) is 13.4. The van der Waals surface area contributed by atoms with Crippen LogP contribution in [0.5, 0.6) is 5.75 Å². The topological polar surface area (TPSA) is 105 Å². The van der Waals surface area contributed by atoms with Crippen LogP contribution in [0.3, 0.4) is 0 Å². The van der Waals surface area contributed by atoms with Crippen LogP contribution in [-0.4, -0.2) is 45.4 Å². The minimum absolute atomic E-state index is 0.0618. The molecule has 1 amide bonds. The van der Waals surface area contributed by atoms with Gasteiger partial charge in [0.1, 0.15) is 11.9 Å². The van der Waals surface area contributed by atoms with Crippen LogP contribution in [0.1, 0.15) is 23.5 Å². The van der Waals surface area contributed by atoms with Gasteiger partial charge in [0.05, 0.1) is 9.79 Å². The highest BCUT2D eigenvalue weighted by molar-refractivity contribution is 7.91. The Morgan fingerprint density at radius 2 is 2.04 bits per heavy atom. The highest BCUT2D eigenvalue weighted by Crippen LogP contribution is 2.42. The van der Waals surface area contributed by atoms with Crippen molar-refractivity contribution in [2.45, 2.75) is 34.7 Å². The maximum Gasteiger partial charge on any atom is 0.404 e. The zero-order valence-electron chi connectivity index (χ0n) is 15.2. The van der Waals surface area contributed by atoms with Gasteiger partial charge in [0.15, 0.2) is 0 Å². The Labute approximate surface area is 163 Å². The van der Waals surface area contributed by atoms with Gasteiger partial charge < -0.3 is 20.5 Å². The molecule has 148 valence electrons. The molecule has 0 saturated carbocycles. The van der Waals surface area contributed by atoms with Gasteiger partial charge in [-0.1, -0.05) is 18.2 Å². The van der Waals surface area contributed by atoms with Crippen LogP contribution in [0.4, 0.5) is 4.79 Å². The normalized spacial score (nSPS) is 20.7. The molecular weight excluding hydrogens is 380 g/mol. The van der Waals surface area contributed by atoms with E-state index in [2.05, 4.69) is 10.6 Å². The number of hydrogen-bond donors (Lipinski definition) is 3. The molecule has 2 heterocycles. The van der Waals surface area contributed by atoms with Gasteiger partial charge in [-0.05, 0) is 49.2 Å². The minimum Gasteiger partial charge on any atom is -0.488 e. The molecule has 0 radical (unpaired) electrons. The average Bonchev–Trinajstić information content (AvgIpc) is 3.06. The van der Waals surface area contributed by atoms with Crippen LogP contribution < -0.4 is 15.4 Å². The molecule has 0 bridgehead atoms. The van der Waals surface area contributed by atoms with E-state index in [0.29, 0.717) is 18.1 Å². The zero-order chi connectivity index (χ0) is 19.7. The lowest BCUT2D eigenvalue weighted by atomic mass is 9.90. The van der Waals surface area contributed by atoms with Crippen molar-refractivity contribution in [2.75, 3.05) is 19.6 Å². The zero-order valence-corrected chi connectivity index (χ0v) is 16.0. The van der Waals surface area contributed by atoms with E-state index in [4.69, 9.17) is 9.84 Å². The summed E-state index contributed by atoms with van der Waals surface area (Å²) in [5, 5.41) is 14.2. The summed E-state index contributed by atoms with van der Waals surface area (Å²) in [6.45, 7) is 1.93. The molecule has 3 N–H and O–H groups in total. The number of nitrogens with one attached hydrogen (secondary N) is 2. The van der Waals surface area contributed by atoms with Crippen LogP contribution in [0.2, 0.25) is 0 Å². The fourth-order valence-electron chi connectivity index (χ4n) is 3.88. The summed E-state index contributed by atoms with van der Waals surface area (Å²) in [5.74, 6) is 0.972. The van der Waals surface area contributed by atoms with E-state index >= 15 is 0 Å². The summed E-state index contributed by atoms with van der Waals surface area (Å²) in [5.41, 5.74) is 1.84. The number of piperidine rings is 1. The standard InChI is InChI=1S/C20H22N2O5S/c23-20(24)22-9-6-13-2-1-3-14(10-13)28(25,26)15-4-5-16-17-7-8-21-12-19(17)27-18(16)11-15/h1-5,10-11,17,19,21-22H,6-9,12H2,(H,23,24). The van der Waals surface area contributed by atoms with Crippen molar-refractivity contribution in [1.82, 2.24) is 10.6 Å². The second-order valence-electron chi connectivity index (χ2n) is 7.09. The molecule has 0 aliphatic carbocycles. The van der Waals surface area contributed by atoms with Crippen molar-refractivity contribution in [3.63, 3.8) is 0 Å². The van der Waals surface area contributed by atoms with Crippen molar-refractivity contribution < 1.29 is 23.1 Å². The SMILES string of the molecule is O=C(O)NCCc1cccc(S(=O)(=O)c2ccc3c(c2)OC2CNCCC32)c1. The number of rotatable bonds is 5. The maximum absolute atomic E-state index is 13.1. The molecule has 28 heavy (non-hydrogen) atoms. The van der Waals surface area contributed by atoms with E-state index in [-0.39, 0.29) is 22.4 Å². The molecule has 0 aromatic heterocycles. The summed E-state index contributed by atoms with van der Waals surface area (Å²) < 4.78 is 32.2. The van der Waals surface area contributed by atoms with Gasteiger partial charge in [-0.25, -0.2) is 13.2 Å². The van der Waals surface area contributed by atoms with Gasteiger partial charge in [-0.2, -0.15) is 0 Å². The second kappa shape index (κ2) is 7.44. The largest absolute Gasteiger partial charge is 0.488 e. The molecule has 2 unspecified atom stereocenters. The number of benzene rings is 2. The third-order valence-electron chi connectivity index (χ3n) is 5.30. The van der Waals surface area contributed by atoms with Crippen molar-refractivity contribution >= 4 is 15.9 Å². The van der Waals surface area contributed by atoms with Gasteiger partial charge in [0.25, 0.3) is 0 Å². The van der Waals surface area contributed by atoms with Crippen LogP contribution in [0.15, 0.2) is 52.3 Å². The van der Waals surface area contributed by atoms with Gasteiger partial charge in [0.2, 0.25) is 9.84 Å². The summed E-state index contributed by atoms with van der Waals surface area (Å²) in [6, 6.07) is 11.8. The third-order valence-corrected chi connectivity index (χ3v) is 7.05. The van der Waals surface area contributed by atoms with Crippen molar-refractivity contribution in [1.29, 1.82) is 0 Å². The van der Waals surface area contributed by atoms with Gasteiger partial charge >= 0.3 is 6.09 Å². The second-order valence-corrected chi connectivity index (χ2v) is 9.04. The number of carbonyl (C=O) groups is 1. The van der Waals surface area contributed by atoms with Crippen molar-refractivity contribution in [3.05, 3.63) is 53.6 Å². The fraction of sp³-hybridized carbons (Fsp3) is 0.350. The molecule has 4 rings (SSSR count). The van der Waals surface area contributed by atoms with Gasteiger partial charge in [-0.15, -0.1) is 0 Å². The van der Waals surface area contributed by atoms with E-state index in [0.717, 1.165) is 30.6 Å². The number of amides is 1. The molecule has 7 nitrogen and oxygen atoms in total. The van der Waals surface area contributed by atoms with E-state index in [9.17, 15) is 13.2 Å². The average molecular weight is 402 g/mol. The first kappa shape index (κ1) is 18.8. The molecule has 1 fully saturated rings. The Hall–Kier alpha value is -2.58. The van der Waals surface area contributed by atoms with Crippen molar-refractivity contribution in [3.8, 4) is 5.75 Å². The van der Waals surface area contributed by atoms with E-state index < -0.39 is 15.9 Å². The number of sulfone groups is 1. The Morgan fingerprint density at radius 3 is 2.86 bits per heavy atom. The Morgan fingerprint density at radius 1 is 1.21 bits per heavy atom. The minimum atomic E-state index is -3.69. The predicted octanol–water partition coefficient (Wildman–Crippen LogP) is 2.17. The van der Waals surface area contributed by atoms with Gasteiger partial charge in [0, 0.05) is 24.6 Å². The van der Waals surface area contributed by atoms with Crippen LogP contribution in [0, 0.1) is 0 Å². The summed E-state index contributed by atoms with van der Waals surface area (Å²) in [7, 11) is -3.69. The monoisotopic (exact) mass is 402 g/mol. The van der Waals surface area contributed by atoms with Crippen LogP contribution >= 0.6 is 0 Å². The van der Waals surface area contributed by atoms with Crippen molar-refractivity contribution in [2.24, 2.45) is 0 Å². The molecule has 2 aliphatic heterocycles. The number of fused-ring (bicyclic) bond motifs is 3. The lowest BCUT2D eigenvalue weighted by molar-refractivity contribution is 0.176. The molecule has 2 atom stereocenters. The summed E-state index contributed by atoms with van der Waals surface area (Å²) >= 11 is 0. The molecule has 0 spiro atoms. The number of carboxylic acid groups (broad SMARTS) is 1. The molecular formula is C20H22N2O5S. The van der Waals surface area contributed by atoms with Crippen LogP contribution in [0.25, 0.3) is 0 Å². The summed E-state index contributed by atoms with van der Waals surface area (Å²) in [6.07, 6.45) is 0.361. The van der Waals surface area contributed by atoms with Gasteiger partial charge in [-0.3, -0.25) is 0 Å². The predicted molar refractivity (Wildman–Crippen MR) is 103 cm³/mol. The molecule has 8 heteroatoms. The molecule has 1 saturated heterocycles. The Balaban J connectivity index is 1.58. The van der Waals surface area contributed by atoms with E-state index in [1.54, 1.807) is 36.4 Å². The summed E-state index contributed by atoms with van der Waals surface area (Å²) in [4.78, 5) is 11.0. The third kappa shape index (κ3) is 3.57. The molecule has 2 aliphatic rings. The quantitative estimate of drug-likeness (QED) is 0.708. The Kier molecular flexibility index (Phi) is 4.99. The first-order valence-corrected chi connectivity index (χ1v) is 10.8. The lowest BCUT2D eigenvalue weighted by Gasteiger charge is -2.24. The highest BCUT2D eigenvalue weighted by atomic mass is 32.2. The van der Waals surface area contributed by atoms with E-state index in [1.165, 1.54) is 0 Å². The highest BCUT2D eigenvalue weighted by Gasteiger charge is 2.36. The molecule has 2 aromatic rings. The maximum atomic E-state index is 13.1. The molecule has 2 aromatic carbocycles. The first-order valence-electron chi connectivity index (χ1n) is 9.27.